The summed E-state index contributed by atoms with van der Waals surface area (Å²) in [5, 5.41) is 0. The third-order valence-corrected chi connectivity index (χ3v) is 4.85. The van der Waals surface area contributed by atoms with E-state index in [1.165, 1.54) is 44.9 Å². The van der Waals surface area contributed by atoms with E-state index in [4.69, 9.17) is 5.73 Å². The first kappa shape index (κ1) is 11.8. The van der Waals surface area contributed by atoms with Gasteiger partial charge in [0.05, 0.1) is 5.69 Å². The first-order valence-electron chi connectivity index (χ1n) is 7.25. The van der Waals surface area contributed by atoms with E-state index in [2.05, 4.69) is 9.88 Å². The van der Waals surface area contributed by atoms with Gasteiger partial charge in [0.2, 0.25) is 0 Å². The standard InChI is InChI=1S/C15H23N3/c16-13-5-4-10-17-14(13)18-11-8-15(9-12-18)6-2-1-3-7-15/h4-5,10H,1-3,6-9,11-12,16H2. The van der Waals surface area contributed by atoms with E-state index in [9.17, 15) is 0 Å². The van der Waals surface area contributed by atoms with E-state index >= 15 is 0 Å². The molecule has 0 bridgehead atoms. The largest absolute Gasteiger partial charge is 0.396 e. The molecule has 2 N–H and O–H groups in total. The molecule has 0 radical (unpaired) electrons. The first-order valence-corrected chi connectivity index (χ1v) is 7.25. The van der Waals surface area contributed by atoms with Crippen LogP contribution in [0.1, 0.15) is 44.9 Å². The molecule has 1 aromatic rings. The minimum Gasteiger partial charge on any atom is -0.396 e. The lowest BCUT2D eigenvalue weighted by molar-refractivity contribution is 0.144. The average Bonchev–Trinajstić information content (AvgIpc) is 2.42. The molecule has 1 aliphatic carbocycles. The number of hydrogen-bond acceptors (Lipinski definition) is 3. The fourth-order valence-corrected chi connectivity index (χ4v) is 3.67. The van der Waals surface area contributed by atoms with Crippen LogP contribution in [0.25, 0.3) is 0 Å². The van der Waals surface area contributed by atoms with E-state index in [1.807, 2.05) is 18.3 Å². The molecule has 18 heavy (non-hydrogen) atoms. The molecule has 2 heterocycles. The lowest BCUT2D eigenvalue weighted by Crippen LogP contribution is -2.41. The number of piperidine rings is 1. The number of rotatable bonds is 1. The molecule has 1 aliphatic heterocycles. The molecule has 0 unspecified atom stereocenters. The second kappa shape index (κ2) is 4.79. The summed E-state index contributed by atoms with van der Waals surface area (Å²) in [5.41, 5.74) is 7.49. The second-order valence-electron chi connectivity index (χ2n) is 5.96. The van der Waals surface area contributed by atoms with Crippen LogP contribution in [-0.2, 0) is 0 Å². The Morgan fingerprint density at radius 1 is 1.06 bits per heavy atom. The third kappa shape index (κ3) is 2.18. The van der Waals surface area contributed by atoms with Crippen molar-refractivity contribution in [2.45, 2.75) is 44.9 Å². The number of pyridine rings is 1. The van der Waals surface area contributed by atoms with Gasteiger partial charge in [-0.15, -0.1) is 0 Å². The van der Waals surface area contributed by atoms with Gasteiger partial charge in [-0.05, 0) is 43.2 Å². The first-order chi connectivity index (χ1) is 8.79. The summed E-state index contributed by atoms with van der Waals surface area (Å²) in [6, 6.07) is 3.86. The number of nitrogens with zero attached hydrogens (tertiary/aromatic N) is 2. The fourth-order valence-electron chi connectivity index (χ4n) is 3.67. The van der Waals surface area contributed by atoms with Crippen molar-refractivity contribution >= 4 is 11.5 Å². The monoisotopic (exact) mass is 245 g/mol. The summed E-state index contributed by atoms with van der Waals surface area (Å²) in [7, 11) is 0. The fraction of sp³-hybridized carbons (Fsp3) is 0.667. The van der Waals surface area contributed by atoms with Crippen LogP contribution in [0.2, 0.25) is 0 Å². The minimum absolute atomic E-state index is 0.651. The second-order valence-corrected chi connectivity index (χ2v) is 5.96. The van der Waals surface area contributed by atoms with Crippen molar-refractivity contribution in [3.8, 4) is 0 Å². The molecular weight excluding hydrogens is 222 g/mol. The van der Waals surface area contributed by atoms with Crippen LogP contribution >= 0.6 is 0 Å². The molecule has 3 nitrogen and oxygen atoms in total. The normalized spacial score (nSPS) is 23.2. The lowest BCUT2D eigenvalue weighted by atomic mass is 9.68. The lowest BCUT2D eigenvalue weighted by Gasteiger charge is -2.44. The number of aromatic nitrogens is 1. The van der Waals surface area contributed by atoms with E-state index < -0.39 is 0 Å². The Morgan fingerprint density at radius 2 is 1.78 bits per heavy atom. The predicted molar refractivity (Wildman–Crippen MR) is 75.6 cm³/mol. The van der Waals surface area contributed by atoms with Gasteiger partial charge in [-0.2, -0.15) is 0 Å². The van der Waals surface area contributed by atoms with Gasteiger partial charge in [0.25, 0.3) is 0 Å². The number of anilines is 2. The highest BCUT2D eigenvalue weighted by Gasteiger charge is 2.35. The van der Waals surface area contributed by atoms with E-state index in [0.717, 1.165) is 24.6 Å². The van der Waals surface area contributed by atoms with Crippen molar-refractivity contribution in [2.75, 3.05) is 23.7 Å². The van der Waals surface area contributed by atoms with Crippen molar-refractivity contribution < 1.29 is 0 Å². The number of nitrogens with two attached hydrogens (primary N) is 1. The molecular formula is C15H23N3. The summed E-state index contributed by atoms with van der Waals surface area (Å²) in [4.78, 5) is 6.81. The third-order valence-electron chi connectivity index (χ3n) is 4.85. The van der Waals surface area contributed by atoms with Crippen molar-refractivity contribution in [1.82, 2.24) is 4.98 Å². The van der Waals surface area contributed by atoms with Crippen molar-refractivity contribution in [2.24, 2.45) is 5.41 Å². The van der Waals surface area contributed by atoms with Gasteiger partial charge in [-0.3, -0.25) is 0 Å². The molecule has 1 saturated heterocycles. The Balaban J connectivity index is 1.68. The Morgan fingerprint density at radius 3 is 2.44 bits per heavy atom. The average molecular weight is 245 g/mol. The number of hydrogen-bond donors (Lipinski definition) is 1. The summed E-state index contributed by atoms with van der Waals surface area (Å²) in [6.07, 6.45) is 11.7. The summed E-state index contributed by atoms with van der Waals surface area (Å²) < 4.78 is 0. The highest BCUT2D eigenvalue weighted by Crippen LogP contribution is 2.45. The molecule has 2 fully saturated rings. The smallest absolute Gasteiger partial charge is 0.151 e. The van der Waals surface area contributed by atoms with Crippen LogP contribution in [0.5, 0.6) is 0 Å². The maximum Gasteiger partial charge on any atom is 0.151 e. The topological polar surface area (TPSA) is 42.1 Å². The zero-order valence-electron chi connectivity index (χ0n) is 11.1. The van der Waals surface area contributed by atoms with Crippen LogP contribution in [-0.4, -0.2) is 18.1 Å². The van der Waals surface area contributed by atoms with Crippen molar-refractivity contribution in [3.05, 3.63) is 18.3 Å². The highest BCUT2D eigenvalue weighted by atomic mass is 15.2. The Hall–Kier alpha value is -1.25. The predicted octanol–water partition coefficient (Wildman–Crippen LogP) is 3.21. The van der Waals surface area contributed by atoms with Crippen LogP contribution < -0.4 is 10.6 Å². The maximum atomic E-state index is 6.02. The molecule has 1 saturated carbocycles. The van der Waals surface area contributed by atoms with Gasteiger partial charge in [0.15, 0.2) is 5.82 Å². The Bertz CT molecular complexity index is 400. The van der Waals surface area contributed by atoms with E-state index in [-0.39, 0.29) is 0 Å². The van der Waals surface area contributed by atoms with E-state index in [1.54, 1.807) is 0 Å². The zero-order chi connectivity index (χ0) is 12.4. The van der Waals surface area contributed by atoms with Gasteiger partial charge in [-0.1, -0.05) is 19.3 Å². The van der Waals surface area contributed by atoms with Gasteiger partial charge in [0, 0.05) is 19.3 Å². The molecule has 98 valence electrons. The van der Waals surface area contributed by atoms with Crippen molar-refractivity contribution in [1.29, 1.82) is 0 Å². The van der Waals surface area contributed by atoms with E-state index in [0.29, 0.717) is 5.41 Å². The molecule has 0 atom stereocenters. The maximum absolute atomic E-state index is 6.02. The molecule has 3 rings (SSSR count). The van der Waals surface area contributed by atoms with Crippen LogP contribution in [0.15, 0.2) is 18.3 Å². The SMILES string of the molecule is Nc1cccnc1N1CCC2(CCCCC2)CC1. The summed E-state index contributed by atoms with van der Waals surface area (Å²) in [6.45, 7) is 2.25. The molecule has 3 heteroatoms. The van der Waals surface area contributed by atoms with Crippen LogP contribution in [0.3, 0.4) is 0 Å². The Kier molecular flexibility index (Phi) is 3.14. The molecule has 1 spiro atoms. The molecule has 0 aromatic carbocycles. The molecule has 2 aliphatic rings. The summed E-state index contributed by atoms with van der Waals surface area (Å²) in [5.74, 6) is 0.989. The van der Waals surface area contributed by atoms with Crippen LogP contribution in [0.4, 0.5) is 11.5 Å². The van der Waals surface area contributed by atoms with Gasteiger partial charge >= 0.3 is 0 Å². The van der Waals surface area contributed by atoms with Gasteiger partial charge < -0.3 is 10.6 Å². The number of nitrogen functional groups attached to an aromatic ring is 1. The minimum atomic E-state index is 0.651. The zero-order valence-corrected chi connectivity index (χ0v) is 11.1. The van der Waals surface area contributed by atoms with Gasteiger partial charge in [-0.25, -0.2) is 4.98 Å². The quantitative estimate of drug-likeness (QED) is 0.826. The summed E-state index contributed by atoms with van der Waals surface area (Å²) >= 11 is 0. The Labute approximate surface area is 109 Å². The molecule has 1 aromatic heterocycles. The highest BCUT2D eigenvalue weighted by molar-refractivity contribution is 5.62. The van der Waals surface area contributed by atoms with Gasteiger partial charge in [0.1, 0.15) is 0 Å². The van der Waals surface area contributed by atoms with Crippen molar-refractivity contribution in [3.63, 3.8) is 0 Å². The van der Waals surface area contributed by atoms with Crippen LogP contribution in [0, 0.1) is 5.41 Å². The molecule has 0 amide bonds.